The van der Waals surface area contributed by atoms with E-state index in [-0.39, 0.29) is 0 Å². The van der Waals surface area contributed by atoms with Crippen molar-refractivity contribution in [2.45, 2.75) is 57.5 Å². The Morgan fingerprint density at radius 1 is 0.684 bits per heavy atom. The molecule has 1 aliphatic carbocycles. The summed E-state index contributed by atoms with van der Waals surface area (Å²) in [6.45, 7) is 9.55. The van der Waals surface area contributed by atoms with Crippen LogP contribution in [0, 0.1) is 5.92 Å². The SMILES string of the molecule is C[C@H]1CC[C@H](N2CCN(C3CCOCC3)CC2)CC1. The Morgan fingerprint density at radius 3 is 1.68 bits per heavy atom. The molecule has 0 spiro atoms. The van der Waals surface area contributed by atoms with E-state index in [0.29, 0.717) is 0 Å². The molecule has 0 amide bonds. The van der Waals surface area contributed by atoms with Gasteiger partial charge in [0.1, 0.15) is 0 Å². The van der Waals surface area contributed by atoms with E-state index in [1.54, 1.807) is 0 Å². The average molecular weight is 266 g/mol. The second-order valence-electron chi connectivity index (χ2n) is 6.83. The molecular formula is C16H30N2O. The van der Waals surface area contributed by atoms with Crippen molar-refractivity contribution in [1.82, 2.24) is 9.80 Å². The van der Waals surface area contributed by atoms with Crippen molar-refractivity contribution in [3.8, 4) is 0 Å². The Kier molecular flexibility index (Phi) is 4.78. The highest BCUT2D eigenvalue weighted by molar-refractivity contribution is 4.85. The van der Waals surface area contributed by atoms with Crippen molar-refractivity contribution < 1.29 is 4.74 Å². The van der Waals surface area contributed by atoms with Crippen molar-refractivity contribution in [1.29, 1.82) is 0 Å². The number of hydrogen-bond acceptors (Lipinski definition) is 3. The second kappa shape index (κ2) is 6.55. The summed E-state index contributed by atoms with van der Waals surface area (Å²) >= 11 is 0. The monoisotopic (exact) mass is 266 g/mol. The van der Waals surface area contributed by atoms with Crippen molar-refractivity contribution in [2.75, 3.05) is 39.4 Å². The highest BCUT2D eigenvalue weighted by Crippen LogP contribution is 2.28. The predicted octanol–water partition coefficient (Wildman–Crippen LogP) is 2.36. The molecule has 3 heteroatoms. The standard InChI is InChI=1S/C16H30N2O/c1-14-2-4-15(5-3-14)17-8-10-18(11-9-17)16-6-12-19-13-7-16/h14-16H,2-13H2,1H3/t14-,15-. The largest absolute Gasteiger partial charge is 0.381 e. The van der Waals surface area contributed by atoms with Gasteiger partial charge in [0.05, 0.1) is 0 Å². The zero-order chi connectivity index (χ0) is 13.1. The highest BCUT2D eigenvalue weighted by Gasteiger charge is 2.29. The molecule has 3 aliphatic rings. The minimum absolute atomic E-state index is 0.808. The lowest BCUT2D eigenvalue weighted by atomic mass is 9.86. The predicted molar refractivity (Wildman–Crippen MR) is 78.4 cm³/mol. The molecular weight excluding hydrogens is 236 g/mol. The summed E-state index contributed by atoms with van der Waals surface area (Å²) in [7, 11) is 0. The fourth-order valence-electron chi connectivity index (χ4n) is 4.13. The Morgan fingerprint density at radius 2 is 1.16 bits per heavy atom. The third-order valence-corrected chi connectivity index (χ3v) is 5.56. The average Bonchev–Trinajstić information content (AvgIpc) is 2.49. The fraction of sp³-hybridized carbons (Fsp3) is 1.00. The molecule has 2 saturated heterocycles. The van der Waals surface area contributed by atoms with E-state index >= 15 is 0 Å². The van der Waals surface area contributed by atoms with Gasteiger partial charge in [0.2, 0.25) is 0 Å². The van der Waals surface area contributed by atoms with Gasteiger partial charge < -0.3 is 4.74 Å². The molecule has 1 saturated carbocycles. The maximum Gasteiger partial charge on any atom is 0.0480 e. The first-order valence-electron chi connectivity index (χ1n) is 8.39. The van der Waals surface area contributed by atoms with E-state index < -0.39 is 0 Å². The maximum atomic E-state index is 5.48. The van der Waals surface area contributed by atoms with E-state index in [9.17, 15) is 0 Å². The van der Waals surface area contributed by atoms with Crippen LogP contribution in [0.15, 0.2) is 0 Å². The zero-order valence-electron chi connectivity index (χ0n) is 12.5. The number of nitrogens with zero attached hydrogens (tertiary/aromatic N) is 2. The normalized spacial score (nSPS) is 36.5. The van der Waals surface area contributed by atoms with Crippen LogP contribution in [0.2, 0.25) is 0 Å². The van der Waals surface area contributed by atoms with Crippen molar-refractivity contribution >= 4 is 0 Å². The van der Waals surface area contributed by atoms with Gasteiger partial charge in [0.15, 0.2) is 0 Å². The molecule has 0 bridgehead atoms. The number of rotatable bonds is 2. The lowest BCUT2D eigenvalue weighted by molar-refractivity contribution is 0.00160. The van der Waals surface area contributed by atoms with Crippen molar-refractivity contribution in [3.05, 3.63) is 0 Å². The molecule has 0 aromatic carbocycles. The quantitative estimate of drug-likeness (QED) is 0.763. The van der Waals surface area contributed by atoms with Gasteiger partial charge in [-0.15, -0.1) is 0 Å². The van der Waals surface area contributed by atoms with Crippen LogP contribution in [0.1, 0.15) is 45.4 Å². The highest BCUT2D eigenvalue weighted by atomic mass is 16.5. The maximum absolute atomic E-state index is 5.48. The lowest BCUT2D eigenvalue weighted by Gasteiger charge is -2.44. The van der Waals surface area contributed by atoms with Crippen LogP contribution in [0.25, 0.3) is 0 Å². The molecule has 110 valence electrons. The molecule has 0 radical (unpaired) electrons. The molecule has 3 rings (SSSR count). The second-order valence-corrected chi connectivity index (χ2v) is 6.83. The fourth-order valence-corrected chi connectivity index (χ4v) is 4.13. The molecule has 0 unspecified atom stereocenters. The van der Waals surface area contributed by atoms with E-state index in [2.05, 4.69) is 16.7 Å². The van der Waals surface area contributed by atoms with Crippen LogP contribution in [-0.4, -0.2) is 61.3 Å². The minimum atomic E-state index is 0.808. The summed E-state index contributed by atoms with van der Waals surface area (Å²) in [5.41, 5.74) is 0. The molecule has 0 atom stereocenters. The minimum Gasteiger partial charge on any atom is -0.381 e. The topological polar surface area (TPSA) is 15.7 Å². The van der Waals surface area contributed by atoms with Crippen molar-refractivity contribution in [2.24, 2.45) is 5.92 Å². The van der Waals surface area contributed by atoms with Gasteiger partial charge in [0.25, 0.3) is 0 Å². The van der Waals surface area contributed by atoms with E-state index in [4.69, 9.17) is 4.74 Å². The van der Waals surface area contributed by atoms with Gasteiger partial charge in [-0.05, 0) is 44.4 Å². The molecule has 0 N–H and O–H groups in total. The van der Waals surface area contributed by atoms with Crippen LogP contribution in [0.5, 0.6) is 0 Å². The van der Waals surface area contributed by atoms with Crippen molar-refractivity contribution in [3.63, 3.8) is 0 Å². The summed E-state index contributed by atoms with van der Waals surface area (Å²) in [5.74, 6) is 0.972. The van der Waals surface area contributed by atoms with Gasteiger partial charge in [0, 0.05) is 51.5 Å². The summed E-state index contributed by atoms with van der Waals surface area (Å²) in [4.78, 5) is 5.51. The van der Waals surface area contributed by atoms with E-state index in [1.165, 1.54) is 64.7 Å². The van der Waals surface area contributed by atoms with Gasteiger partial charge in [-0.1, -0.05) is 6.92 Å². The molecule has 3 fully saturated rings. The third kappa shape index (κ3) is 3.50. The van der Waals surface area contributed by atoms with Gasteiger partial charge in [-0.2, -0.15) is 0 Å². The number of hydrogen-bond donors (Lipinski definition) is 0. The van der Waals surface area contributed by atoms with E-state index in [1.807, 2.05) is 0 Å². The molecule has 2 heterocycles. The Labute approximate surface area is 118 Å². The third-order valence-electron chi connectivity index (χ3n) is 5.56. The smallest absolute Gasteiger partial charge is 0.0480 e. The van der Waals surface area contributed by atoms with E-state index in [0.717, 1.165) is 31.2 Å². The van der Waals surface area contributed by atoms with Gasteiger partial charge in [-0.25, -0.2) is 0 Å². The van der Waals surface area contributed by atoms with Crippen LogP contribution in [0.4, 0.5) is 0 Å². The first-order chi connectivity index (χ1) is 9.33. The molecule has 19 heavy (non-hydrogen) atoms. The van der Waals surface area contributed by atoms with Gasteiger partial charge in [-0.3, -0.25) is 9.80 Å². The Bertz CT molecular complexity index is 262. The summed E-state index contributed by atoms with van der Waals surface area (Å²) in [6.07, 6.45) is 8.29. The summed E-state index contributed by atoms with van der Waals surface area (Å²) in [5, 5.41) is 0. The number of piperazine rings is 1. The lowest BCUT2D eigenvalue weighted by Crippen LogP contribution is -2.54. The van der Waals surface area contributed by atoms with Crippen LogP contribution in [0.3, 0.4) is 0 Å². The van der Waals surface area contributed by atoms with Crippen LogP contribution >= 0.6 is 0 Å². The summed E-state index contributed by atoms with van der Waals surface area (Å²) in [6, 6.07) is 1.70. The zero-order valence-corrected chi connectivity index (χ0v) is 12.5. The number of ether oxygens (including phenoxy) is 1. The molecule has 0 aromatic rings. The first kappa shape index (κ1) is 13.8. The molecule has 2 aliphatic heterocycles. The van der Waals surface area contributed by atoms with Gasteiger partial charge >= 0.3 is 0 Å². The van der Waals surface area contributed by atoms with Crippen LogP contribution < -0.4 is 0 Å². The molecule has 3 nitrogen and oxygen atoms in total. The first-order valence-corrected chi connectivity index (χ1v) is 8.39. The molecule has 0 aromatic heterocycles. The Balaban J connectivity index is 1.44. The summed E-state index contributed by atoms with van der Waals surface area (Å²) < 4.78 is 5.48. The Hall–Kier alpha value is -0.120. The van der Waals surface area contributed by atoms with Crippen LogP contribution in [-0.2, 0) is 4.74 Å².